The van der Waals surface area contributed by atoms with Crippen molar-refractivity contribution in [3.8, 4) is 66.8 Å². The summed E-state index contributed by atoms with van der Waals surface area (Å²) in [6, 6.07) is 72.1. The molecule has 1 aliphatic rings. The molecule has 0 amide bonds. The number of hydrogen-bond acceptors (Lipinski definition) is 1. The molecule has 0 saturated heterocycles. The van der Waals surface area contributed by atoms with E-state index in [1.807, 2.05) is 11.3 Å². The molecule has 0 saturated carbocycles. The molecule has 0 nitrogen and oxygen atoms in total. The summed E-state index contributed by atoms with van der Waals surface area (Å²) < 4.78 is 2.68. The molecular formula is C54H32S. The van der Waals surface area contributed by atoms with Crippen molar-refractivity contribution in [1.82, 2.24) is 0 Å². The van der Waals surface area contributed by atoms with Crippen molar-refractivity contribution in [2.75, 3.05) is 0 Å². The van der Waals surface area contributed by atoms with Crippen molar-refractivity contribution in [3.63, 3.8) is 0 Å². The van der Waals surface area contributed by atoms with Gasteiger partial charge in [-0.15, -0.1) is 11.3 Å². The standard InChI is InChI=1S/C54H32S/c1-2-14-36(39-31-32-47-38-16-4-3-15-37(38)41-22-11-23-42(39)52(41)47)35(13-1)33-27-29-34(30-28-33)51-43-18-5-7-20-45(43)53(46-21-8-6-19-44(46)51)49-25-12-24-48-40-17-9-10-26-50(40)55-54(48)49/h1-32H. The maximum Gasteiger partial charge on any atom is 0.0434 e. The molecule has 0 radical (unpaired) electrons. The number of thiophene rings is 1. The largest absolute Gasteiger partial charge is 0.135 e. The quantitative estimate of drug-likeness (QED) is 0.159. The number of hydrogen-bond donors (Lipinski definition) is 0. The van der Waals surface area contributed by atoms with Crippen LogP contribution in [-0.4, -0.2) is 0 Å². The Morgan fingerprint density at radius 3 is 1.35 bits per heavy atom. The second-order valence-corrected chi connectivity index (χ2v) is 15.7. The van der Waals surface area contributed by atoms with Crippen molar-refractivity contribution in [2.24, 2.45) is 0 Å². The first kappa shape index (κ1) is 30.6. The molecule has 0 aliphatic heterocycles. The zero-order valence-electron chi connectivity index (χ0n) is 29.9. The van der Waals surface area contributed by atoms with Crippen molar-refractivity contribution in [2.45, 2.75) is 0 Å². The molecule has 0 unspecified atom stereocenters. The van der Waals surface area contributed by atoms with Gasteiger partial charge in [0.2, 0.25) is 0 Å². The van der Waals surface area contributed by atoms with Crippen LogP contribution in [0.4, 0.5) is 0 Å². The highest BCUT2D eigenvalue weighted by atomic mass is 32.1. The second-order valence-electron chi connectivity index (χ2n) is 14.7. The van der Waals surface area contributed by atoms with Crippen LogP contribution in [0.1, 0.15) is 0 Å². The first-order chi connectivity index (χ1) is 27.3. The minimum absolute atomic E-state index is 1.22. The van der Waals surface area contributed by atoms with Gasteiger partial charge in [-0.25, -0.2) is 0 Å². The molecule has 0 bridgehead atoms. The summed E-state index contributed by atoms with van der Waals surface area (Å²) in [5.41, 5.74) is 15.4. The van der Waals surface area contributed by atoms with Gasteiger partial charge in [0.1, 0.15) is 0 Å². The lowest BCUT2D eigenvalue weighted by atomic mass is 9.85. The molecule has 0 spiro atoms. The van der Waals surface area contributed by atoms with Crippen molar-refractivity contribution in [1.29, 1.82) is 0 Å². The Hall–Kier alpha value is -6.80. The zero-order valence-corrected chi connectivity index (χ0v) is 30.7. The molecule has 1 aliphatic carbocycles. The van der Waals surface area contributed by atoms with E-state index in [9.17, 15) is 0 Å². The Labute approximate surface area is 323 Å². The Bertz CT molecular complexity index is 3270. The van der Waals surface area contributed by atoms with Gasteiger partial charge in [0.15, 0.2) is 0 Å². The van der Waals surface area contributed by atoms with Crippen LogP contribution in [0.25, 0.3) is 119 Å². The van der Waals surface area contributed by atoms with Gasteiger partial charge in [0.05, 0.1) is 0 Å². The smallest absolute Gasteiger partial charge is 0.0434 e. The molecule has 254 valence electrons. The van der Waals surface area contributed by atoms with Crippen LogP contribution in [0.3, 0.4) is 0 Å². The molecule has 1 heterocycles. The van der Waals surface area contributed by atoms with Gasteiger partial charge in [-0.3, -0.25) is 0 Å². The van der Waals surface area contributed by atoms with E-state index in [1.54, 1.807) is 0 Å². The second kappa shape index (κ2) is 11.9. The van der Waals surface area contributed by atoms with Gasteiger partial charge >= 0.3 is 0 Å². The zero-order chi connectivity index (χ0) is 36.0. The van der Waals surface area contributed by atoms with Crippen LogP contribution < -0.4 is 0 Å². The van der Waals surface area contributed by atoms with Crippen molar-refractivity contribution >= 4 is 63.8 Å². The van der Waals surface area contributed by atoms with E-state index in [4.69, 9.17) is 0 Å². The van der Waals surface area contributed by atoms with Crippen LogP contribution in [0.5, 0.6) is 0 Å². The molecule has 11 aromatic rings. The van der Waals surface area contributed by atoms with E-state index >= 15 is 0 Å². The van der Waals surface area contributed by atoms with Gasteiger partial charge in [0, 0.05) is 25.7 Å². The van der Waals surface area contributed by atoms with Crippen LogP contribution in [0, 0.1) is 0 Å². The highest BCUT2D eigenvalue weighted by Crippen LogP contribution is 2.51. The molecular weight excluding hydrogens is 681 g/mol. The Balaban J connectivity index is 1.02. The third kappa shape index (κ3) is 4.45. The third-order valence-corrected chi connectivity index (χ3v) is 13.1. The Kier molecular flexibility index (Phi) is 6.60. The molecule has 55 heavy (non-hydrogen) atoms. The van der Waals surface area contributed by atoms with E-state index in [-0.39, 0.29) is 0 Å². The van der Waals surface area contributed by atoms with Crippen molar-refractivity contribution < 1.29 is 0 Å². The third-order valence-electron chi connectivity index (χ3n) is 11.9. The lowest BCUT2D eigenvalue weighted by Crippen LogP contribution is -1.91. The fourth-order valence-electron chi connectivity index (χ4n) is 9.50. The van der Waals surface area contributed by atoms with Gasteiger partial charge in [-0.05, 0) is 99.6 Å². The summed E-state index contributed by atoms with van der Waals surface area (Å²) in [4.78, 5) is 0. The normalized spacial score (nSPS) is 12.0. The molecule has 1 heteroatoms. The average molecular weight is 713 g/mol. The minimum Gasteiger partial charge on any atom is -0.135 e. The molecule has 10 aromatic carbocycles. The first-order valence-electron chi connectivity index (χ1n) is 19.0. The van der Waals surface area contributed by atoms with Crippen LogP contribution in [0.15, 0.2) is 194 Å². The molecule has 1 aromatic heterocycles. The summed E-state index contributed by atoms with van der Waals surface area (Å²) in [7, 11) is 0. The summed E-state index contributed by atoms with van der Waals surface area (Å²) in [6.45, 7) is 0. The van der Waals surface area contributed by atoms with Crippen LogP contribution in [-0.2, 0) is 0 Å². The summed E-state index contributed by atoms with van der Waals surface area (Å²) in [5.74, 6) is 0. The lowest BCUT2D eigenvalue weighted by molar-refractivity contribution is 1.59. The van der Waals surface area contributed by atoms with E-state index in [1.165, 1.54) is 119 Å². The van der Waals surface area contributed by atoms with E-state index in [2.05, 4.69) is 194 Å². The fourth-order valence-corrected chi connectivity index (χ4v) is 10.7. The lowest BCUT2D eigenvalue weighted by Gasteiger charge is -2.18. The monoisotopic (exact) mass is 712 g/mol. The van der Waals surface area contributed by atoms with Gasteiger partial charge in [-0.2, -0.15) is 0 Å². The SMILES string of the molecule is c1ccc(-c2ccc3c4c(cccc24)-c2ccccc2-3)c(-c2ccc(-c3c4ccccc4c(-c4cccc5c4sc4ccccc45)c4ccccc34)cc2)c1. The predicted octanol–water partition coefficient (Wildman–Crippen LogP) is 15.8. The predicted molar refractivity (Wildman–Crippen MR) is 238 cm³/mol. The Morgan fingerprint density at radius 1 is 0.236 bits per heavy atom. The number of fused-ring (bicyclic) bond motifs is 8. The maximum absolute atomic E-state index is 2.33. The molecule has 0 N–H and O–H groups in total. The van der Waals surface area contributed by atoms with E-state index < -0.39 is 0 Å². The van der Waals surface area contributed by atoms with Gasteiger partial charge in [0.25, 0.3) is 0 Å². The maximum atomic E-state index is 2.33. The van der Waals surface area contributed by atoms with E-state index in [0.717, 1.165) is 0 Å². The summed E-state index contributed by atoms with van der Waals surface area (Å²) in [6.07, 6.45) is 0. The highest BCUT2D eigenvalue weighted by Gasteiger charge is 2.23. The van der Waals surface area contributed by atoms with Gasteiger partial charge < -0.3 is 0 Å². The van der Waals surface area contributed by atoms with Crippen LogP contribution in [0.2, 0.25) is 0 Å². The molecule has 0 fully saturated rings. The average Bonchev–Trinajstić information content (AvgIpc) is 3.80. The van der Waals surface area contributed by atoms with E-state index in [0.29, 0.717) is 0 Å². The summed E-state index contributed by atoms with van der Waals surface area (Å²) >= 11 is 1.90. The van der Waals surface area contributed by atoms with Crippen LogP contribution >= 0.6 is 11.3 Å². The molecule has 0 atom stereocenters. The van der Waals surface area contributed by atoms with Crippen molar-refractivity contribution in [3.05, 3.63) is 194 Å². The first-order valence-corrected chi connectivity index (χ1v) is 19.8. The highest BCUT2D eigenvalue weighted by molar-refractivity contribution is 7.26. The fraction of sp³-hybridized carbons (Fsp3) is 0. The number of benzene rings is 10. The summed E-state index contributed by atoms with van der Waals surface area (Å²) in [5, 5.41) is 10.4. The van der Waals surface area contributed by atoms with Gasteiger partial charge in [-0.1, -0.05) is 188 Å². The minimum atomic E-state index is 1.22. The molecule has 12 rings (SSSR count). The number of rotatable bonds is 4. The Morgan fingerprint density at radius 2 is 0.673 bits per heavy atom. The topological polar surface area (TPSA) is 0 Å².